The summed E-state index contributed by atoms with van der Waals surface area (Å²) in [5.41, 5.74) is 7.26. The van der Waals surface area contributed by atoms with Gasteiger partial charge in [-0.15, -0.1) is 0 Å². The molecule has 10 rings (SSSR count). The van der Waals surface area contributed by atoms with Crippen LogP contribution in [0.15, 0.2) is 192 Å². The average Bonchev–Trinajstić information content (AvgIpc) is 3.62. The van der Waals surface area contributed by atoms with E-state index in [0.717, 1.165) is 71.7 Å². The molecule has 0 unspecified atom stereocenters. The Labute approximate surface area is 299 Å². The first-order chi connectivity index (χ1) is 27.7. The summed E-state index contributed by atoms with van der Waals surface area (Å²) in [5.74, 6) is 0. The summed E-state index contributed by atoms with van der Waals surface area (Å²) < 4.78 is 67.1. The van der Waals surface area contributed by atoms with E-state index in [2.05, 4.69) is 65.6 Å². The van der Waals surface area contributed by atoms with Crippen molar-refractivity contribution < 1.29 is 14.0 Å². The number of fused-ring (bicyclic) bond motifs is 6. The van der Waals surface area contributed by atoms with Crippen LogP contribution < -0.4 is 4.90 Å². The van der Waals surface area contributed by atoms with Gasteiger partial charge in [-0.05, 0) is 92.3 Å². The molecular formula is C48H31NO. The lowest BCUT2D eigenvalue weighted by atomic mass is 9.93. The molecule has 0 atom stereocenters. The fraction of sp³-hybridized carbons (Fsp3) is 0. The zero-order chi connectivity index (χ0) is 39.1. The summed E-state index contributed by atoms with van der Waals surface area (Å²) in [6.45, 7) is 0. The molecule has 0 aliphatic carbocycles. The van der Waals surface area contributed by atoms with Crippen LogP contribution >= 0.6 is 0 Å². The van der Waals surface area contributed by atoms with Crippen LogP contribution in [0.4, 0.5) is 17.1 Å². The van der Waals surface area contributed by atoms with E-state index in [4.69, 9.17) is 12.6 Å². The molecule has 0 saturated carbocycles. The molecule has 0 amide bonds. The van der Waals surface area contributed by atoms with E-state index in [0.29, 0.717) is 5.56 Å². The van der Waals surface area contributed by atoms with Gasteiger partial charge in [0.25, 0.3) is 0 Å². The van der Waals surface area contributed by atoms with E-state index >= 15 is 0 Å². The molecule has 0 radical (unpaired) electrons. The van der Waals surface area contributed by atoms with Crippen molar-refractivity contribution in [2.45, 2.75) is 0 Å². The second-order valence-electron chi connectivity index (χ2n) is 12.3. The van der Waals surface area contributed by atoms with Crippen molar-refractivity contribution in [3.05, 3.63) is 188 Å². The predicted molar refractivity (Wildman–Crippen MR) is 212 cm³/mol. The van der Waals surface area contributed by atoms with Crippen molar-refractivity contribution >= 4 is 71.3 Å². The summed E-state index contributed by atoms with van der Waals surface area (Å²) >= 11 is 0. The van der Waals surface area contributed by atoms with Crippen LogP contribution in [0.5, 0.6) is 0 Å². The van der Waals surface area contributed by atoms with Gasteiger partial charge in [-0.2, -0.15) is 0 Å². The lowest BCUT2D eigenvalue weighted by Crippen LogP contribution is -2.11. The second kappa shape index (κ2) is 11.5. The van der Waals surface area contributed by atoms with Crippen molar-refractivity contribution in [3.8, 4) is 22.3 Å². The Morgan fingerprint density at radius 3 is 1.72 bits per heavy atom. The van der Waals surface area contributed by atoms with Gasteiger partial charge in [0.15, 0.2) is 0 Å². The molecule has 1 aromatic heterocycles. The summed E-state index contributed by atoms with van der Waals surface area (Å²) in [6.07, 6.45) is 0. The summed E-state index contributed by atoms with van der Waals surface area (Å²) in [6, 6.07) is 46.3. The van der Waals surface area contributed by atoms with Crippen LogP contribution in [0.3, 0.4) is 0 Å². The molecule has 0 aliphatic rings. The number of benzene rings is 9. The molecule has 0 spiro atoms. The van der Waals surface area contributed by atoms with E-state index in [9.17, 15) is 1.37 Å². The normalized spacial score (nSPS) is 13.6. The molecule has 0 aliphatic heterocycles. The van der Waals surface area contributed by atoms with Gasteiger partial charge in [0.1, 0.15) is 11.2 Å². The van der Waals surface area contributed by atoms with Crippen molar-refractivity contribution in [1.29, 1.82) is 0 Å². The second-order valence-corrected chi connectivity index (χ2v) is 12.3. The maximum Gasteiger partial charge on any atom is 0.135 e. The van der Waals surface area contributed by atoms with Gasteiger partial charge in [-0.25, -0.2) is 0 Å². The SMILES string of the molecule is [2H]c1c([2H])c([2H])c2c([2H])c(-c3ccc(N(c4ccccc4)c4ccc(-c5ccc6oc7ccccc7c6c5)c5ccccc45)c4ccccc34)c([2H])c([2H])c2c1[2H]. The summed E-state index contributed by atoms with van der Waals surface area (Å²) in [4.78, 5) is 2.22. The van der Waals surface area contributed by atoms with E-state index in [1.807, 2.05) is 84.9 Å². The molecule has 0 N–H and O–H groups in total. The Morgan fingerprint density at radius 2 is 1.00 bits per heavy atom. The number of anilines is 3. The molecular weight excluding hydrogens is 607 g/mol. The lowest BCUT2D eigenvalue weighted by molar-refractivity contribution is 0.669. The lowest BCUT2D eigenvalue weighted by Gasteiger charge is -2.29. The van der Waals surface area contributed by atoms with Crippen molar-refractivity contribution in [2.75, 3.05) is 4.90 Å². The molecule has 2 nitrogen and oxygen atoms in total. The quantitative estimate of drug-likeness (QED) is 0.185. The molecule has 1 heterocycles. The van der Waals surface area contributed by atoms with Crippen LogP contribution in [0.2, 0.25) is 0 Å². The van der Waals surface area contributed by atoms with Gasteiger partial charge in [0.2, 0.25) is 0 Å². The van der Waals surface area contributed by atoms with Crippen LogP contribution in [0, 0.1) is 0 Å². The van der Waals surface area contributed by atoms with Gasteiger partial charge >= 0.3 is 0 Å². The Kier molecular flexibility index (Phi) is 5.08. The minimum atomic E-state index is -0.489. The highest BCUT2D eigenvalue weighted by Crippen LogP contribution is 2.46. The highest BCUT2D eigenvalue weighted by atomic mass is 16.3. The molecule has 2 heteroatoms. The van der Waals surface area contributed by atoms with Crippen LogP contribution in [0.25, 0.3) is 76.5 Å². The Balaban J connectivity index is 1.20. The van der Waals surface area contributed by atoms with E-state index < -0.39 is 24.2 Å². The number of furan rings is 1. The van der Waals surface area contributed by atoms with Crippen LogP contribution in [-0.2, 0) is 0 Å². The number of hydrogen-bond acceptors (Lipinski definition) is 2. The van der Waals surface area contributed by atoms with Crippen molar-refractivity contribution in [3.63, 3.8) is 0 Å². The zero-order valence-corrected chi connectivity index (χ0v) is 26.7. The van der Waals surface area contributed by atoms with Crippen LogP contribution in [-0.4, -0.2) is 0 Å². The monoisotopic (exact) mass is 644 g/mol. The number of rotatable bonds is 5. The molecule has 0 saturated heterocycles. The Morgan fingerprint density at radius 1 is 0.420 bits per heavy atom. The average molecular weight is 645 g/mol. The van der Waals surface area contributed by atoms with Crippen molar-refractivity contribution in [1.82, 2.24) is 0 Å². The highest BCUT2D eigenvalue weighted by molar-refractivity contribution is 6.12. The van der Waals surface area contributed by atoms with E-state index in [-0.39, 0.29) is 34.5 Å². The molecule has 0 fully saturated rings. The van der Waals surface area contributed by atoms with Gasteiger partial charge in [0.05, 0.1) is 21.0 Å². The fourth-order valence-electron chi connectivity index (χ4n) is 7.22. The van der Waals surface area contributed by atoms with Gasteiger partial charge in [0, 0.05) is 27.2 Å². The maximum atomic E-state index is 9.29. The van der Waals surface area contributed by atoms with E-state index in [1.54, 1.807) is 0 Å². The van der Waals surface area contributed by atoms with Gasteiger partial charge < -0.3 is 9.32 Å². The standard InChI is InChI=1S/C48H31NO/c1-2-14-36(15-3-1)49(45-27-25-37(39-16-6-8-18-41(39)45)34-23-22-32-12-4-5-13-33(32)30-34)46-28-26-38(40-17-7-9-19-42(40)46)35-24-29-48-44(31-35)43-20-10-11-21-47(43)50-48/h1-31H/i4D,5D,12D,13D,22D,23D,30D. The number of para-hydroxylation sites is 2. The minimum absolute atomic E-state index is 0.0669. The molecule has 0 bridgehead atoms. The third-order valence-corrected chi connectivity index (χ3v) is 9.51. The number of nitrogens with zero attached hydrogens (tertiary/aromatic N) is 1. The fourth-order valence-corrected chi connectivity index (χ4v) is 7.22. The largest absolute Gasteiger partial charge is 0.456 e. The van der Waals surface area contributed by atoms with Gasteiger partial charge in [-0.3, -0.25) is 0 Å². The van der Waals surface area contributed by atoms with E-state index in [1.165, 1.54) is 0 Å². The third-order valence-electron chi connectivity index (χ3n) is 9.51. The van der Waals surface area contributed by atoms with Crippen molar-refractivity contribution in [2.24, 2.45) is 0 Å². The van der Waals surface area contributed by atoms with Gasteiger partial charge in [-0.1, -0.05) is 139 Å². The first kappa shape index (κ1) is 22.1. The number of hydrogen-bond donors (Lipinski definition) is 0. The predicted octanol–water partition coefficient (Wildman–Crippen LogP) is 13.8. The molecule has 234 valence electrons. The summed E-state index contributed by atoms with van der Waals surface area (Å²) in [7, 11) is 0. The Bertz CT molecular complexity index is 3290. The molecule has 9 aromatic carbocycles. The minimum Gasteiger partial charge on any atom is -0.456 e. The first-order valence-corrected chi connectivity index (χ1v) is 16.5. The first-order valence-electron chi connectivity index (χ1n) is 20.0. The zero-order valence-electron chi connectivity index (χ0n) is 33.7. The highest BCUT2D eigenvalue weighted by Gasteiger charge is 2.20. The molecule has 10 aromatic rings. The smallest absolute Gasteiger partial charge is 0.135 e. The summed E-state index contributed by atoms with van der Waals surface area (Å²) in [5, 5.41) is 5.63. The Hall–Kier alpha value is -6.64. The maximum absolute atomic E-state index is 9.29. The third kappa shape index (κ3) is 4.57. The topological polar surface area (TPSA) is 16.4 Å². The molecule has 50 heavy (non-hydrogen) atoms. The van der Waals surface area contributed by atoms with Crippen LogP contribution in [0.1, 0.15) is 9.60 Å².